The van der Waals surface area contributed by atoms with Crippen molar-refractivity contribution < 1.29 is 13.9 Å². The molecule has 162 valence electrons. The minimum absolute atomic E-state index is 0.0624. The number of carbonyl (C=O) groups excluding carboxylic acids is 1. The lowest BCUT2D eigenvalue weighted by molar-refractivity contribution is -0.114. The molecule has 1 aromatic heterocycles. The summed E-state index contributed by atoms with van der Waals surface area (Å²) in [7, 11) is 0. The highest BCUT2D eigenvalue weighted by Crippen LogP contribution is 2.25. The number of ether oxygens (including phenoxy) is 1. The Balaban J connectivity index is 1.59. The lowest BCUT2D eigenvalue weighted by Gasteiger charge is -2.34. The van der Waals surface area contributed by atoms with Gasteiger partial charge in [0.25, 0.3) is 0 Å². The van der Waals surface area contributed by atoms with Gasteiger partial charge in [-0.3, -0.25) is 9.69 Å². The van der Waals surface area contributed by atoms with Crippen LogP contribution in [0, 0.1) is 5.82 Å². The monoisotopic (exact) mass is 433 g/mol. The van der Waals surface area contributed by atoms with E-state index in [1.807, 2.05) is 6.92 Å². The van der Waals surface area contributed by atoms with Crippen LogP contribution in [0.3, 0.4) is 0 Å². The summed E-state index contributed by atoms with van der Waals surface area (Å²) >= 11 is 1.73. The standard InChI is InChI=1S/C21H28FN5O2S/c1-2-23-21(25-15-20(28)26-17-6-3-5-16(22)13-17)24-14-18(19-7-4-12-30-19)27-8-10-29-11-9-27/h3-7,12-13,18H,2,8-11,14-15H2,1H3,(H,26,28)(H2,23,24,25). The maximum Gasteiger partial charge on any atom is 0.246 e. The van der Waals surface area contributed by atoms with Gasteiger partial charge in [-0.25, -0.2) is 9.38 Å². The second kappa shape index (κ2) is 11.6. The molecule has 9 heteroatoms. The van der Waals surface area contributed by atoms with Crippen molar-refractivity contribution in [1.82, 2.24) is 15.5 Å². The fraction of sp³-hybridized carbons (Fsp3) is 0.429. The summed E-state index contributed by atoms with van der Waals surface area (Å²) in [6.07, 6.45) is 0. The summed E-state index contributed by atoms with van der Waals surface area (Å²) in [5.41, 5.74) is 0.415. The van der Waals surface area contributed by atoms with E-state index in [9.17, 15) is 9.18 Å². The fourth-order valence-corrected chi connectivity index (χ4v) is 4.09. The Labute approximate surface area is 180 Å². The number of anilines is 1. The quantitative estimate of drug-likeness (QED) is 0.440. The Hall–Kier alpha value is -2.49. The summed E-state index contributed by atoms with van der Waals surface area (Å²) in [6, 6.07) is 10.2. The van der Waals surface area contributed by atoms with Crippen LogP contribution in [0.4, 0.5) is 10.1 Å². The van der Waals surface area contributed by atoms with Crippen LogP contribution in [0.1, 0.15) is 17.8 Å². The first-order chi connectivity index (χ1) is 14.7. The molecule has 1 aliphatic rings. The lowest BCUT2D eigenvalue weighted by Crippen LogP contribution is -2.46. The average Bonchev–Trinajstić information content (AvgIpc) is 3.27. The minimum atomic E-state index is -0.394. The number of thiophene rings is 1. The molecule has 3 N–H and O–H groups in total. The van der Waals surface area contributed by atoms with Gasteiger partial charge in [-0.1, -0.05) is 12.1 Å². The van der Waals surface area contributed by atoms with E-state index in [0.717, 1.165) is 26.3 Å². The average molecular weight is 434 g/mol. The van der Waals surface area contributed by atoms with Gasteiger partial charge in [-0.2, -0.15) is 0 Å². The maximum atomic E-state index is 13.3. The number of carbonyl (C=O) groups is 1. The van der Waals surface area contributed by atoms with E-state index in [4.69, 9.17) is 4.74 Å². The number of rotatable bonds is 8. The van der Waals surface area contributed by atoms with Gasteiger partial charge in [-0.15, -0.1) is 11.3 Å². The molecule has 1 atom stereocenters. The van der Waals surface area contributed by atoms with Gasteiger partial charge in [-0.05, 0) is 36.6 Å². The molecule has 1 aromatic carbocycles. The highest BCUT2D eigenvalue weighted by atomic mass is 32.1. The number of nitrogens with zero attached hydrogens (tertiary/aromatic N) is 2. The zero-order valence-electron chi connectivity index (χ0n) is 17.1. The first-order valence-corrected chi connectivity index (χ1v) is 11.0. The van der Waals surface area contributed by atoms with Crippen LogP contribution in [0.2, 0.25) is 0 Å². The molecule has 3 rings (SSSR count). The molecule has 1 saturated heterocycles. The molecule has 7 nitrogen and oxygen atoms in total. The van der Waals surface area contributed by atoms with E-state index < -0.39 is 5.82 Å². The molecule has 2 aromatic rings. The van der Waals surface area contributed by atoms with Crippen LogP contribution in [0.5, 0.6) is 0 Å². The Morgan fingerprint density at radius 1 is 1.27 bits per heavy atom. The van der Waals surface area contributed by atoms with Crippen LogP contribution in [-0.2, 0) is 9.53 Å². The number of aliphatic imine (C=N–C) groups is 1. The first-order valence-electron chi connectivity index (χ1n) is 10.1. The molecule has 0 radical (unpaired) electrons. The van der Waals surface area contributed by atoms with Gasteiger partial charge < -0.3 is 20.7 Å². The Morgan fingerprint density at radius 3 is 2.80 bits per heavy atom. The zero-order chi connectivity index (χ0) is 21.2. The SMILES string of the molecule is CCNC(=NCC(=O)Nc1cccc(F)c1)NCC(c1cccs1)N1CCOCC1. The van der Waals surface area contributed by atoms with Crippen molar-refractivity contribution in [3.63, 3.8) is 0 Å². The predicted octanol–water partition coefficient (Wildman–Crippen LogP) is 2.45. The van der Waals surface area contributed by atoms with Crippen molar-refractivity contribution in [3.05, 3.63) is 52.5 Å². The van der Waals surface area contributed by atoms with E-state index in [-0.39, 0.29) is 18.5 Å². The lowest BCUT2D eigenvalue weighted by atomic mass is 10.2. The summed E-state index contributed by atoms with van der Waals surface area (Å²) in [6.45, 7) is 6.49. The van der Waals surface area contributed by atoms with E-state index in [1.54, 1.807) is 23.5 Å². The van der Waals surface area contributed by atoms with Gasteiger partial charge in [0.1, 0.15) is 12.4 Å². The van der Waals surface area contributed by atoms with Crippen molar-refractivity contribution in [2.45, 2.75) is 13.0 Å². The second-order valence-corrected chi connectivity index (χ2v) is 7.79. The van der Waals surface area contributed by atoms with Gasteiger partial charge in [0.15, 0.2) is 5.96 Å². The number of hydrogen-bond acceptors (Lipinski definition) is 5. The van der Waals surface area contributed by atoms with Crippen LogP contribution in [-0.4, -0.2) is 62.7 Å². The van der Waals surface area contributed by atoms with Gasteiger partial charge in [0.2, 0.25) is 5.91 Å². The molecule has 0 saturated carbocycles. The maximum absolute atomic E-state index is 13.3. The number of amides is 1. The van der Waals surface area contributed by atoms with E-state index in [0.29, 0.717) is 24.7 Å². The van der Waals surface area contributed by atoms with Crippen LogP contribution >= 0.6 is 11.3 Å². The van der Waals surface area contributed by atoms with Crippen LogP contribution in [0.15, 0.2) is 46.8 Å². The number of guanidine groups is 1. The predicted molar refractivity (Wildman–Crippen MR) is 118 cm³/mol. The third-order valence-electron chi connectivity index (χ3n) is 4.65. The molecule has 1 unspecified atom stereocenters. The second-order valence-electron chi connectivity index (χ2n) is 6.81. The van der Waals surface area contributed by atoms with Crippen molar-refractivity contribution >= 4 is 28.9 Å². The largest absolute Gasteiger partial charge is 0.379 e. The number of morpholine rings is 1. The Bertz CT molecular complexity index is 825. The molecule has 0 spiro atoms. The van der Waals surface area contributed by atoms with Gasteiger partial charge >= 0.3 is 0 Å². The fourth-order valence-electron chi connectivity index (χ4n) is 3.23. The third kappa shape index (κ3) is 6.79. The number of hydrogen-bond donors (Lipinski definition) is 3. The van der Waals surface area contributed by atoms with Crippen molar-refractivity contribution in [2.24, 2.45) is 4.99 Å². The van der Waals surface area contributed by atoms with Crippen molar-refractivity contribution in [2.75, 3.05) is 51.3 Å². The Kier molecular flexibility index (Phi) is 8.61. The smallest absolute Gasteiger partial charge is 0.246 e. The van der Waals surface area contributed by atoms with Crippen LogP contribution in [0.25, 0.3) is 0 Å². The molecule has 2 heterocycles. The molecular formula is C21H28FN5O2S. The molecule has 1 fully saturated rings. The van der Waals surface area contributed by atoms with Crippen molar-refractivity contribution in [1.29, 1.82) is 0 Å². The minimum Gasteiger partial charge on any atom is -0.379 e. The van der Waals surface area contributed by atoms with Gasteiger partial charge in [0.05, 0.1) is 19.3 Å². The Morgan fingerprint density at radius 2 is 2.10 bits per heavy atom. The number of nitrogens with one attached hydrogen (secondary N) is 3. The number of halogens is 1. The zero-order valence-corrected chi connectivity index (χ0v) is 17.9. The summed E-state index contributed by atoms with van der Waals surface area (Å²) in [5.74, 6) is -0.128. The molecule has 0 bridgehead atoms. The third-order valence-corrected chi connectivity index (χ3v) is 5.63. The molecule has 1 aliphatic heterocycles. The number of benzene rings is 1. The summed E-state index contributed by atoms with van der Waals surface area (Å²) in [5, 5.41) is 11.3. The first kappa shape index (κ1) is 22.2. The topological polar surface area (TPSA) is 78.0 Å². The molecular weight excluding hydrogens is 405 g/mol. The van der Waals surface area contributed by atoms with Crippen LogP contribution < -0.4 is 16.0 Å². The van der Waals surface area contributed by atoms with E-state index >= 15 is 0 Å². The van der Waals surface area contributed by atoms with Crippen molar-refractivity contribution in [3.8, 4) is 0 Å². The summed E-state index contributed by atoms with van der Waals surface area (Å²) < 4.78 is 18.8. The summed E-state index contributed by atoms with van der Waals surface area (Å²) in [4.78, 5) is 20.3. The molecule has 0 aliphatic carbocycles. The normalized spacial score (nSPS) is 16.1. The van der Waals surface area contributed by atoms with Gasteiger partial charge in [0, 0.05) is 36.7 Å². The van der Waals surface area contributed by atoms with E-state index in [2.05, 4.69) is 43.4 Å². The highest BCUT2D eigenvalue weighted by molar-refractivity contribution is 7.10. The molecule has 30 heavy (non-hydrogen) atoms. The molecule has 1 amide bonds. The van der Waals surface area contributed by atoms with E-state index in [1.165, 1.54) is 17.0 Å². The highest BCUT2D eigenvalue weighted by Gasteiger charge is 2.23.